The maximum absolute atomic E-state index is 11.7. The molecule has 0 aromatic carbocycles. The van der Waals surface area contributed by atoms with Crippen molar-refractivity contribution < 1.29 is 14.3 Å². The fourth-order valence-electron chi connectivity index (χ4n) is 1.71. The standard InChI is InChI=1S/C14H17N5O3/c1-10-5-7-19(18-10)8-6-15-13(20)14(21)17-11-3-4-12(22-2)16-9-11/h3-5,7,9H,6,8H2,1-2H3,(H,15,20)(H,17,21). The highest BCUT2D eigenvalue weighted by molar-refractivity contribution is 6.39. The number of amides is 2. The lowest BCUT2D eigenvalue weighted by Crippen LogP contribution is -2.37. The molecule has 2 amide bonds. The molecule has 0 unspecified atom stereocenters. The molecule has 8 nitrogen and oxygen atoms in total. The Kier molecular flexibility index (Phi) is 5.07. The molecule has 8 heteroatoms. The van der Waals surface area contributed by atoms with Crippen LogP contribution in [0, 0.1) is 6.92 Å². The summed E-state index contributed by atoms with van der Waals surface area (Å²) in [6, 6.07) is 5.06. The number of pyridine rings is 1. The molecule has 0 fully saturated rings. The van der Waals surface area contributed by atoms with Gasteiger partial charge in [-0.2, -0.15) is 5.10 Å². The van der Waals surface area contributed by atoms with Crippen LogP contribution in [0.25, 0.3) is 0 Å². The Hall–Kier alpha value is -2.90. The van der Waals surface area contributed by atoms with Crippen LogP contribution in [0.5, 0.6) is 5.88 Å². The third kappa shape index (κ3) is 4.30. The van der Waals surface area contributed by atoms with Crippen LogP contribution in [0.1, 0.15) is 5.69 Å². The number of rotatable bonds is 5. The summed E-state index contributed by atoms with van der Waals surface area (Å²) in [6.45, 7) is 2.69. The number of hydrogen-bond donors (Lipinski definition) is 2. The Morgan fingerprint density at radius 2 is 2.09 bits per heavy atom. The number of ether oxygens (including phenoxy) is 1. The summed E-state index contributed by atoms with van der Waals surface area (Å²) < 4.78 is 6.60. The van der Waals surface area contributed by atoms with E-state index in [1.807, 2.05) is 19.2 Å². The molecular formula is C14H17N5O3. The lowest BCUT2D eigenvalue weighted by atomic mass is 10.4. The molecular weight excluding hydrogens is 286 g/mol. The number of nitrogens with one attached hydrogen (secondary N) is 2. The van der Waals surface area contributed by atoms with Gasteiger partial charge in [-0.05, 0) is 19.1 Å². The van der Waals surface area contributed by atoms with Gasteiger partial charge >= 0.3 is 11.8 Å². The number of carbonyl (C=O) groups is 2. The van der Waals surface area contributed by atoms with Gasteiger partial charge < -0.3 is 15.4 Å². The monoisotopic (exact) mass is 303 g/mol. The molecule has 2 heterocycles. The molecule has 0 aliphatic rings. The zero-order valence-corrected chi connectivity index (χ0v) is 12.4. The second-order valence-electron chi connectivity index (χ2n) is 4.52. The van der Waals surface area contributed by atoms with Crippen LogP contribution in [-0.4, -0.2) is 40.2 Å². The van der Waals surface area contributed by atoms with Crippen LogP contribution >= 0.6 is 0 Å². The summed E-state index contributed by atoms with van der Waals surface area (Å²) in [6.07, 6.45) is 3.22. The molecule has 0 spiro atoms. The largest absolute Gasteiger partial charge is 0.481 e. The van der Waals surface area contributed by atoms with Gasteiger partial charge in [0, 0.05) is 18.8 Å². The quantitative estimate of drug-likeness (QED) is 0.777. The minimum Gasteiger partial charge on any atom is -0.481 e. The summed E-state index contributed by atoms with van der Waals surface area (Å²) in [5.74, 6) is -1.03. The van der Waals surface area contributed by atoms with Gasteiger partial charge in [0.1, 0.15) is 0 Å². The molecule has 0 saturated heterocycles. The number of nitrogens with zero attached hydrogens (tertiary/aromatic N) is 3. The van der Waals surface area contributed by atoms with E-state index in [0.29, 0.717) is 24.7 Å². The maximum atomic E-state index is 11.7. The van der Waals surface area contributed by atoms with Crippen molar-refractivity contribution in [2.75, 3.05) is 19.0 Å². The van der Waals surface area contributed by atoms with E-state index in [4.69, 9.17) is 4.74 Å². The van der Waals surface area contributed by atoms with E-state index in [1.165, 1.54) is 13.3 Å². The second kappa shape index (κ2) is 7.21. The topological polar surface area (TPSA) is 98.1 Å². The first-order chi connectivity index (χ1) is 10.6. The van der Waals surface area contributed by atoms with Gasteiger partial charge in [0.15, 0.2) is 0 Å². The lowest BCUT2D eigenvalue weighted by Gasteiger charge is -2.07. The Balaban J connectivity index is 1.77. The predicted octanol–water partition coefficient (Wildman–Crippen LogP) is 0.350. The summed E-state index contributed by atoms with van der Waals surface area (Å²) in [7, 11) is 1.50. The third-order valence-electron chi connectivity index (χ3n) is 2.81. The molecule has 0 saturated carbocycles. The number of carbonyl (C=O) groups excluding carboxylic acids is 2. The third-order valence-corrected chi connectivity index (χ3v) is 2.81. The average molecular weight is 303 g/mol. The van der Waals surface area contributed by atoms with Gasteiger partial charge in [-0.1, -0.05) is 0 Å². The van der Waals surface area contributed by atoms with Crippen molar-refractivity contribution >= 4 is 17.5 Å². The minimum absolute atomic E-state index is 0.314. The van der Waals surface area contributed by atoms with Crippen molar-refractivity contribution in [1.29, 1.82) is 0 Å². The fraction of sp³-hybridized carbons (Fsp3) is 0.286. The van der Waals surface area contributed by atoms with Crippen LogP contribution < -0.4 is 15.4 Å². The highest BCUT2D eigenvalue weighted by Crippen LogP contribution is 2.10. The number of methoxy groups -OCH3 is 1. The highest BCUT2D eigenvalue weighted by Gasteiger charge is 2.13. The first kappa shape index (κ1) is 15.5. The zero-order chi connectivity index (χ0) is 15.9. The zero-order valence-electron chi connectivity index (χ0n) is 12.4. The number of anilines is 1. The van der Waals surface area contributed by atoms with Crippen LogP contribution in [0.4, 0.5) is 5.69 Å². The normalized spacial score (nSPS) is 10.1. The van der Waals surface area contributed by atoms with Gasteiger partial charge in [0.25, 0.3) is 0 Å². The minimum atomic E-state index is -0.747. The SMILES string of the molecule is COc1ccc(NC(=O)C(=O)NCCn2ccc(C)n2)cn1. The van der Waals surface area contributed by atoms with E-state index in [2.05, 4.69) is 20.7 Å². The van der Waals surface area contributed by atoms with Gasteiger partial charge in [-0.25, -0.2) is 4.98 Å². The molecule has 0 aliphatic heterocycles. The van der Waals surface area contributed by atoms with Crippen molar-refractivity contribution in [2.24, 2.45) is 0 Å². The molecule has 2 aromatic rings. The van der Waals surface area contributed by atoms with Gasteiger partial charge in [-0.15, -0.1) is 0 Å². The van der Waals surface area contributed by atoms with Gasteiger partial charge in [-0.3, -0.25) is 14.3 Å². The van der Waals surface area contributed by atoms with Crippen molar-refractivity contribution in [3.8, 4) is 5.88 Å². The van der Waals surface area contributed by atoms with E-state index < -0.39 is 11.8 Å². The van der Waals surface area contributed by atoms with Crippen LogP contribution in [0.3, 0.4) is 0 Å². The molecule has 0 aliphatic carbocycles. The Morgan fingerprint density at radius 3 is 2.68 bits per heavy atom. The molecule has 116 valence electrons. The smallest absolute Gasteiger partial charge is 0.313 e. The van der Waals surface area contributed by atoms with E-state index in [0.717, 1.165) is 5.69 Å². The first-order valence-corrected chi connectivity index (χ1v) is 6.68. The van der Waals surface area contributed by atoms with Crippen molar-refractivity contribution in [3.63, 3.8) is 0 Å². The van der Waals surface area contributed by atoms with Crippen molar-refractivity contribution in [3.05, 3.63) is 36.3 Å². The molecule has 0 radical (unpaired) electrons. The van der Waals surface area contributed by atoms with E-state index in [1.54, 1.807) is 16.8 Å². The average Bonchev–Trinajstić information content (AvgIpc) is 2.93. The van der Waals surface area contributed by atoms with E-state index >= 15 is 0 Å². The fourth-order valence-corrected chi connectivity index (χ4v) is 1.71. The summed E-state index contributed by atoms with van der Waals surface area (Å²) in [5, 5.41) is 9.16. The Morgan fingerprint density at radius 1 is 1.27 bits per heavy atom. The molecule has 0 bridgehead atoms. The lowest BCUT2D eigenvalue weighted by molar-refractivity contribution is -0.136. The van der Waals surface area contributed by atoms with Crippen LogP contribution in [-0.2, 0) is 16.1 Å². The summed E-state index contributed by atoms with van der Waals surface area (Å²) >= 11 is 0. The second-order valence-corrected chi connectivity index (χ2v) is 4.52. The Bertz CT molecular complexity index is 651. The summed E-state index contributed by atoms with van der Waals surface area (Å²) in [5.41, 5.74) is 1.32. The van der Waals surface area contributed by atoms with E-state index in [9.17, 15) is 9.59 Å². The molecule has 0 atom stereocenters. The molecule has 2 N–H and O–H groups in total. The number of hydrogen-bond acceptors (Lipinski definition) is 5. The first-order valence-electron chi connectivity index (χ1n) is 6.68. The number of aryl methyl sites for hydroxylation is 1. The van der Waals surface area contributed by atoms with Gasteiger partial charge in [0.05, 0.1) is 31.2 Å². The van der Waals surface area contributed by atoms with Gasteiger partial charge in [0.2, 0.25) is 5.88 Å². The molecule has 2 rings (SSSR count). The van der Waals surface area contributed by atoms with E-state index in [-0.39, 0.29) is 0 Å². The maximum Gasteiger partial charge on any atom is 0.313 e. The summed E-state index contributed by atoms with van der Waals surface area (Å²) in [4.78, 5) is 27.3. The molecule has 22 heavy (non-hydrogen) atoms. The Labute approximate surface area is 127 Å². The van der Waals surface area contributed by atoms with Crippen molar-refractivity contribution in [1.82, 2.24) is 20.1 Å². The predicted molar refractivity (Wildman–Crippen MR) is 79.4 cm³/mol. The van der Waals surface area contributed by atoms with Crippen LogP contribution in [0.15, 0.2) is 30.6 Å². The number of aromatic nitrogens is 3. The van der Waals surface area contributed by atoms with Crippen molar-refractivity contribution in [2.45, 2.75) is 13.5 Å². The highest BCUT2D eigenvalue weighted by atomic mass is 16.5. The van der Waals surface area contributed by atoms with Crippen LogP contribution in [0.2, 0.25) is 0 Å². The molecule has 2 aromatic heterocycles.